The summed E-state index contributed by atoms with van der Waals surface area (Å²) in [4.78, 5) is 2.23. The minimum absolute atomic E-state index is 0.145. The number of aliphatic hydroxyl groups is 1. The van der Waals surface area contributed by atoms with Crippen LogP contribution in [0.15, 0.2) is 12.2 Å². The van der Waals surface area contributed by atoms with E-state index in [-0.39, 0.29) is 12.1 Å². The lowest BCUT2D eigenvalue weighted by atomic mass is 9.98. The Morgan fingerprint density at radius 1 is 1.55 bits per heavy atom. The largest absolute Gasteiger partial charge is 0.623 e. The zero-order valence-electron chi connectivity index (χ0n) is 13.4. The average Bonchev–Trinajstić information content (AvgIpc) is 2.96. The van der Waals surface area contributed by atoms with E-state index >= 15 is 0 Å². The minimum atomic E-state index is -1.02. The molecule has 8 heteroatoms. The van der Waals surface area contributed by atoms with Crippen LogP contribution in [0.4, 0.5) is 5.13 Å². The molecule has 1 aromatic heterocycles. The third-order valence-corrected chi connectivity index (χ3v) is 5.22. The molecule has 3 unspecified atom stereocenters. The van der Waals surface area contributed by atoms with Crippen molar-refractivity contribution in [3.63, 3.8) is 0 Å². The van der Waals surface area contributed by atoms with Crippen LogP contribution in [0.1, 0.15) is 32.7 Å². The molecule has 0 radical (unpaired) electrons. The molecule has 6 nitrogen and oxygen atoms in total. The first-order chi connectivity index (χ1) is 10.1. The number of alkyl halides is 1. The molecule has 1 aliphatic heterocycles. The standard InChI is InChI=1S/C14H23BrN4O2S/c1-10(15)6-5-7-18-8-11(20)19(21,9-18)13-17-16-12(22-13)14(2,3)4/h5-6,10-11,20H,7-9H2,1-4H3. The summed E-state index contributed by atoms with van der Waals surface area (Å²) in [5, 5.41) is 32.5. The van der Waals surface area contributed by atoms with E-state index in [0.29, 0.717) is 23.0 Å². The number of hydrogen-bond donors (Lipinski definition) is 1. The number of β-amino-alcohol motifs (C(OH)–C–C–N with tert-alkyl or cyclic N) is 1. The van der Waals surface area contributed by atoms with Crippen LogP contribution >= 0.6 is 27.3 Å². The topological polar surface area (TPSA) is 72.3 Å². The molecule has 22 heavy (non-hydrogen) atoms. The maximum absolute atomic E-state index is 13.0. The number of aromatic nitrogens is 2. The molecule has 1 aromatic rings. The van der Waals surface area contributed by atoms with Crippen molar-refractivity contribution in [1.29, 1.82) is 0 Å². The lowest BCUT2D eigenvalue weighted by Gasteiger charge is -2.36. The lowest BCUT2D eigenvalue weighted by molar-refractivity contribution is 0.0844. The van der Waals surface area contributed by atoms with Crippen LogP contribution in [-0.4, -0.2) is 51.0 Å². The molecule has 0 bridgehead atoms. The number of allylic oxidation sites excluding steroid dienone is 1. The molecule has 0 spiro atoms. The van der Waals surface area contributed by atoms with Crippen molar-refractivity contribution in [2.45, 2.75) is 44.2 Å². The van der Waals surface area contributed by atoms with Crippen LogP contribution in [0.2, 0.25) is 0 Å². The highest BCUT2D eigenvalue weighted by Crippen LogP contribution is 2.36. The van der Waals surface area contributed by atoms with E-state index in [1.54, 1.807) is 0 Å². The average molecular weight is 391 g/mol. The highest BCUT2D eigenvalue weighted by atomic mass is 79.9. The number of hydrogen-bond acceptors (Lipinski definition) is 6. The van der Waals surface area contributed by atoms with Gasteiger partial charge in [-0.3, -0.25) is 4.65 Å². The van der Waals surface area contributed by atoms with Crippen molar-refractivity contribution in [2.75, 3.05) is 19.8 Å². The Labute approximate surface area is 143 Å². The summed E-state index contributed by atoms with van der Waals surface area (Å²) in [7, 11) is 0. The molecule has 0 saturated carbocycles. The predicted molar refractivity (Wildman–Crippen MR) is 93.7 cm³/mol. The Kier molecular flexibility index (Phi) is 5.41. The van der Waals surface area contributed by atoms with Crippen LogP contribution in [0.25, 0.3) is 0 Å². The van der Waals surface area contributed by atoms with E-state index in [1.165, 1.54) is 11.3 Å². The summed E-state index contributed by atoms with van der Waals surface area (Å²) >= 11 is 4.74. The molecular weight excluding hydrogens is 368 g/mol. The van der Waals surface area contributed by atoms with E-state index in [2.05, 4.69) is 26.1 Å². The number of halogens is 1. The van der Waals surface area contributed by atoms with Gasteiger partial charge in [0.2, 0.25) is 6.23 Å². The highest BCUT2D eigenvalue weighted by molar-refractivity contribution is 9.09. The third-order valence-electron chi connectivity index (χ3n) is 3.46. The molecule has 0 aromatic carbocycles. The minimum Gasteiger partial charge on any atom is -0.623 e. The van der Waals surface area contributed by atoms with Crippen molar-refractivity contribution >= 4 is 32.4 Å². The third kappa shape index (κ3) is 3.93. The first kappa shape index (κ1) is 18.0. The fourth-order valence-electron chi connectivity index (χ4n) is 2.20. The maximum Gasteiger partial charge on any atom is 0.309 e. The van der Waals surface area contributed by atoms with E-state index in [9.17, 15) is 10.3 Å². The maximum atomic E-state index is 13.0. The first-order valence-corrected chi connectivity index (χ1v) is 9.00. The van der Waals surface area contributed by atoms with E-state index in [0.717, 1.165) is 5.01 Å². The Balaban J connectivity index is 2.11. The number of aliphatic hydroxyl groups excluding tert-OH is 1. The summed E-state index contributed by atoms with van der Waals surface area (Å²) in [6.45, 7) is 9.30. The molecule has 1 N–H and O–H groups in total. The Bertz CT molecular complexity index is 543. The molecule has 1 saturated heterocycles. The molecule has 1 aliphatic rings. The smallest absolute Gasteiger partial charge is 0.309 e. The first-order valence-electron chi connectivity index (χ1n) is 7.27. The zero-order valence-corrected chi connectivity index (χ0v) is 15.8. The Morgan fingerprint density at radius 2 is 2.23 bits per heavy atom. The molecule has 0 amide bonds. The van der Waals surface area contributed by atoms with E-state index in [4.69, 9.17) is 0 Å². The van der Waals surface area contributed by atoms with Gasteiger partial charge in [-0.25, -0.2) is 4.90 Å². The molecule has 2 heterocycles. The van der Waals surface area contributed by atoms with Gasteiger partial charge in [0.15, 0.2) is 0 Å². The number of rotatable bonds is 4. The number of hydroxylamine groups is 2. The molecule has 3 atom stereocenters. The molecule has 0 aliphatic carbocycles. The van der Waals surface area contributed by atoms with Crippen molar-refractivity contribution in [3.8, 4) is 0 Å². The Morgan fingerprint density at radius 3 is 2.77 bits per heavy atom. The highest BCUT2D eigenvalue weighted by Gasteiger charge is 2.43. The van der Waals surface area contributed by atoms with Gasteiger partial charge in [0.25, 0.3) is 0 Å². The van der Waals surface area contributed by atoms with Gasteiger partial charge < -0.3 is 10.3 Å². The van der Waals surface area contributed by atoms with Gasteiger partial charge in [-0.2, -0.15) is 0 Å². The molecule has 1 fully saturated rings. The summed E-state index contributed by atoms with van der Waals surface area (Å²) in [6.07, 6.45) is 3.01. The fraction of sp³-hybridized carbons (Fsp3) is 0.714. The Hall–Kier alpha value is -0.380. The predicted octanol–water partition coefficient (Wildman–Crippen LogP) is 2.57. The van der Waals surface area contributed by atoms with Gasteiger partial charge in [0.1, 0.15) is 11.7 Å². The van der Waals surface area contributed by atoms with Gasteiger partial charge in [0, 0.05) is 16.8 Å². The fourth-order valence-corrected chi connectivity index (χ4v) is 3.39. The lowest BCUT2D eigenvalue weighted by Crippen LogP contribution is -2.48. The van der Waals surface area contributed by atoms with Gasteiger partial charge >= 0.3 is 5.13 Å². The van der Waals surface area contributed by atoms with Crippen molar-refractivity contribution < 1.29 is 5.11 Å². The molecule has 124 valence electrons. The summed E-state index contributed by atoms with van der Waals surface area (Å²) in [5.41, 5.74) is -0.145. The second-order valence-corrected chi connectivity index (χ2v) is 9.10. The van der Waals surface area contributed by atoms with Gasteiger partial charge in [-0.15, -0.1) is 5.10 Å². The van der Waals surface area contributed by atoms with Crippen molar-refractivity contribution in [2.24, 2.45) is 0 Å². The van der Waals surface area contributed by atoms with Crippen molar-refractivity contribution in [3.05, 3.63) is 22.4 Å². The van der Waals surface area contributed by atoms with Crippen LogP contribution in [0.5, 0.6) is 0 Å². The van der Waals surface area contributed by atoms with Crippen LogP contribution in [0, 0.1) is 5.21 Å². The molecule has 2 rings (SSSR count). The van der Waals surface area contributed by atoms with E-state index < -0.39 is 10.9 Å². The number of quaternary nitrogens is 1. The number of nitrogens with zero attached hydrogens (tertiary/aromatic N) is 4. The summed E-state index contributed by atoms with van der Waals surface area (Å²) < 4.78 is -0.828. The summed E-state index contributed by atoms with van der Waals surface area (Å²) in [5.74, 6) is 0. The van der Waals surface area contributed by atoms with Gasteiger partial charge in [0.05, 0.1) is 6.54 Å². The SMILES string of the molecule is CC(Br)C=CCN1CC(O)[N+]([O-])(c2nnc(C(C)(C)C)s2)C1. The second kappa shape index (κ2) is 6.62. The van der Waals surface area contributed by atoms with Gasteiger partial charge in [-0.05, 0) is 18.3 Å². The normalized spacial score (nSPS) is 28.6. The molecular formula is C14H23BrN4O2S. The zero-order chi connectivity index (χ0) is 16.5. The van der Waals surface area contributed by atoms with Crippen LogP contribution < -0.4 is 4.65 Å². The van der Waals surface area contributed by atoms with E-state index in [1.807, 2.05) is 44.7 Å². The van der Waals surface area contributed by atoms with Crippen LogP contribution in [0.3, 0.4) is 0 Å². The van der Waals surface area contributed by atoms with Gasteiger partial charge in [-0.1, -0.05) is 54.0 Å². The van der Waals surface area contributed by atoms with Crippen molar-refractivity contribution in [1.82, 2.24) is 19.7 Å². The summed E-state index contributed by atoms with van der Waals surface area (Å²) in [6, 6.07) is 0. The monoisotopic (exact) mass is 390 g/mol. The van der Waals surface area contributed by atoms with Crippen LogP contribution in [-0.2, 0) is 5.41 Å². The second-order valence-electron chi connectivity index (χ2n) is 6.70. The quantitative estimate of drug-likeness (QED) is 0.370.